The summed E-state index contributed by atoms with van der Waals surface area (Å²) in [6.45, 7) is 1.98. The molecular weight excluding hydrogens is 387 g/mol. The van der Waals surface area contributed by atoms with E-state index in [0.29, 0.717) is 5.69 Å². The first-order chi connectivity index (χ1) is 14.4. The monoisotopic (exact) mass is 406 g/mol. The number of aromatic nitrogens is 3. The SMILES string of the molecule is CCc1ccccc1NC(=O)c1cn(C)c2c(=O)n(-c3ccc(F)cc3)c(=O)[nH]c12. The maximum Gasteiger partial charge on any atom is 0.333 e. The predicted octanol–water partition coefficient (Wildman–Crippen LogP) is 2.97. The maximum absolute atomic E-state index is 13.2. The summed E-state index contributed by atoms with van der Waals surface area (Å²) in [5, 5.41) is 2.85. The van der Waals surface area contributed by atoms with Crippen LogP contribution in [0, 0.1) is 5.82 Å². The highest BCUT2D eigenvalue weighted by Crippen LogP contribution is 2.20. The number of nitrogens with zero attached hydrogens (tertiary/aromatic N) is 2. The van der Waals surface area contributed by atoms with Gasteiger partial charge in [-0.2, -0.15) is 0 Å². The Hall–Kier alpha value is -3.94. The third-order valence-electron chi connectivity index (χ3n) is 5.00. The number of benzene rings is 2. The summed E-state index contributed by atoms with van der Waals surface area (Å²) in [4.78, 5) is 41.3. The molecule has 0 aliphatic rings. The lowest BCUT2D eigenvalue weighted by atomic mass is 10.1. The van der Waals surface area contributed by atoms with Crippen LogP contribution in [0.1, 0.15) is 22.8 Å². The Morgan fingerprint density at radius 3 is 2.50 bits per heavy atom. The zero-order valence-electron chi connectivity index (χ0n) is 16.4. The minimum atomic E-state index is -0.715. The summed E-state index contributed by atoms with van der Waals surface area (Å²) >= 11 is 0. The number of anilines is 1. The van der Waals surface area contributed by atoms with Gasteiger partial charge >= 0.3 is 5.69 Å². The molecule has 4 aromatic rings. The third-order valence-corrected chi connectivity index (χ3v) is 5.00. The van der Waals surface area contributed by atoms with Crippen molar-refractivity contribution in [2.75, 3.05) is 5.32 Å². The van der Waals surface area contributed by atoms with Gasteiger partial charge in [0.15, 0.2) is 0 Å². The van der Waals surface area contributed by atoms with Crippen LogP contribution in [0.25, 0.3) is 16.7 Å². The lowest BCUT2D eigenvalue weighted by Crippen LogP contribution is -2.34. The molecule has 2 heterocycles. The van der Waals surface area contributed by atoms with Crippen molar-refractivity contribution in [3.8, 4) is 5.69 Å². The van der Waals surface area contributed by atoms with E-state index in [1.54, 1.807) is 13.1 Å². The van der Waals surface area contributed by atoms with Gasteiger partial charge in [-0.3, -0.25) is 9.59 Å². The lowest BCUT2D eigenvalue weighted by Gasteiger charge is -2.09. The van der Waals surface area contributed by atoms with Crippen LogP contribution < -0.4 is 16.6 Å². The lowest BCUT2D eigenvalue weighted by molar-refractivity contribution is 0.102. The predicted molar refractivity (Wildman–Crippen MR) is 113 cm³/mol. The van der Waals surface area contributed by atoms with Crippen LogP contribution in [-0.2, 0) is 13.5 Å². The average Bonchev–Trinajstić information content (AvgIpc) is 3.06. The van der Waals surface area contributed by atoms with Crippen LogP contribution in [0.4, 0.5) is 10.1 Å². The molecule has 7 nitrogen and oxygen atoms in total. The normalized spacial score (nSPS) is 11.0. The van der Waals surface area contributed by atoms with E-state index in [1.807, 2.05) is 25.1 Å². The van der Waals surface area contributed by atoms with E-state index in [2.05, 4.69) is 10.3 Å². The molecule has 0 spiro atoms. The van der Waals surface area contributed by atoms with Crippen LogP contribution in [0.5, 0.6) is 0 Å². The van der Waals surface area contributed by atoms with Gasteiger partial charge in [0.05, 0.1) is 16.8 Å². The summed E-state index contributed by atoms with van der Waals surface area (Å²) in [6, 6.07) is 12.4. The summed E-state index contributed by atoms with van der Waals surface area (Å²) in [6.07, 6.45) is 2.24. The van der Waals surface area contributed by atoms with E-state index in [1.165, 1.54) is 35.0 Å². The van der Waals surface area contributed by atoms with Gasteiger partial charge in [0, 0.05) is 18.9 Å². The van der Waals surface area contributed by atoms with Crippen molar-refractivity contribution in [1.29, 1.82) is 0 Å². The summed E-state index contributed by atoms with van der Waals surface area (Å²) < 4.78 is 15.6. The van der Waals surface area contributed by atoms with Gasteiger partial charge < -0.3 is 14.9 Å². The number of rotatable bonds is 4. The highest BCUT2D eigenvalue weighted by Gasteiger charge is 2.20. The molecular formula is C22H19FN4O3. The molecule has 0 radical (unpaired) electrons. The van der Waals surface area contributed by atoms with Gasteiger partial charge in [0.25, 0.3) is 11.5 Å². The number of nitrogens with one attached hydrogen (secondary N) is 2. The standard InChI is InChI=1S/C22H19FN4O3/c1-3-13-6-4-5-7-17(13)24-20(28)16-12-26(2)19-18(16)25-22(30)27(21(19)29)15-10-8-14(23)9-11-15/h4-12H,3H2,1-2H3,(H,24,28)(H,25,30). The van der Waals surface area contributed by atoms with E-state index >= 15 is 0 Å². The first-order valence-corrected chi connectivity index (χ1v) is 9.40. The van der Waals surface area contributed by atoms with Crippen molar-refractivity contribution in [2.24, 2.45) is 7.05 Å². The maximum atomic E-state index is 13.2. The fourth-order valence-electron chi connectivity index (χ4n) is 3.51. The summed E-state index contributed by atoms with van der Waals surface area (Å²) in [5.74, 6) is -0.912. The molecule has 0 fully saturated rings. The van der Waals surface area contributed by atoms with Crippen LogP contribution in [0.15, 0.2) is 64.3 Å². The van der Waals surface area contributed by atoms with Gasteiger partial charge in [-0.05, 0) is 42.3 Å². The Labute approximate surface area is 170 Å². The first-order valence-electron chi connectivity index (χ1n) is 9.40. The Morgan fingerprint density at radius 1 is 1.10 bits per heavy atom. The van der Waals surface area contributed by atoms with E-state index in [0.717, 1.165) is 16.6 Å². The number of amides is 1. The molecule has 0 saturated carbocycles. The van der Waals surface area contributed by atoms with Gasteiger partial charge in [-0.25, -0.2) is 13.8 Å². The molecule has 0 unspecified atom stereocenters. The molecule has 0 atom stereocenters. The molecule has 2 N–H and O–H groups in total. The number of hydrogen-bond donors (Lipinski definition) is 2. The molecule has 4 rings (SSSR count). The summed E-state index contributed by atoms with van der Waals surface area (Å²) in [7, 11) is 1.62. The van der Waals surface area contributed by atoms with Crippen molar-refractivity contribution in [3.05, 3.63) is 92.5 Å². The zero-order valence-corrected chi connectivity index (χ0v) is 16.4. The number of H-pyrrole nitrogens is 1. The van der Waals surface area contributed by atoms with Gasteiger partial charge in [-0.1, -0.05) is 25.1 Å². The smallest absolute Gasteiger partial charge is 0.333 e. The van der Waals surface area contributed by atoms with Crippen molar-refractivity contribution >= 4 is 22.6 Å². The molecule has 30 heavy (non-hydrogen) atoms. The fraction of sp³-hybridized carbons (Fsp3) is 0.136. The average molecular weight is 406 g/mol. The Morgan fingerprint density at radius 2 is 1.80 bits per heavy atom. The van der Waals surface area contributed by atoms with Crippen molar-refractivity contribution in [2.45, 2.75) is 13.3 Å². The molecule has 8 heteroatoms. The number of hydrogen-bond acceptors (Lipinski definition) is 3. The molecule has 2 aromatic heterocycles. The van der Waals surface area contributed by atoms with Crippen molar-refractivity contribution in [3.63, 3.8) is 0 Å². The number of carbonyl (C=O) groups excluding carboxylic acids is 1. The minimum Gasteiger partial charge on any atom is -0.344 e. The number of para-hydroxylation sites is 1. The van der Waals surface area contributed by atoms with E-state index < -0.39 is 23.0 Å². The highest BCUT2D eigenvalue weighted by atomic mass is 19.1. The number of aromatic amines is 1. The highest BCUT2D eigenvalue weighted by molar-refractivity contribution is 6.12. The molecule has 0 saturated heterocycles. The number of aryl methyl sites for hydroxylation is 2. The van der Waals surface area contributed by atoms with E-state index in [4.69, 9.17) is 0 Å². The van der Waals surface area contributed by atoms with Gasteiger partial charge in [-0.15, -0.1) is 0 Å². The zero-order chi connectivity index (χ0) is 21.4. The summed E-state index contributed by atoms with van der Waals surface area (Å²) in [5.41, 5.74) is 1.05. The Balaban J connectivity index is 1.84. The topological polar surface area (TPSA) is 88.9 Å². The molecule has 0 aliphatic carbocycles. The van der Waals surface area contributed by atoms with Crippen LogP contribution in [0.2, 0.25) is 0 Å². The minimum absolute atomic E-state index is 0.150. The number of fused-ring (bicyclic) bond motifs is 1. The molecule has 0 bridgehead atoms. The first kappa shape index (κ1) is 19.4. The second kappa shape index (κ2) is 7.47. The van der Waals surface area contributed by atoms with Gasteiger partial charge in [0.1, 0.15) is 11.3 Å². The largest absolute Gasteiger partial charge is 0.344 e. The molecule has 152 valence electrons. The third kappa shape index (κ3) is 3.22. The molecule has 0 aliphatic heterocycles. The Kier molecular flexibility index (Phi) is 4.83. The number of halogens is 1. The second-order valence-corrected chi connectivity index (χ2v) is 6.89. The molecule has 2 aromatic carbocycles. The van der Waals surface area contributed by atoms with Crippen molar-refractivity contribution < 1.29 is 9.18 Å². The second-order valence-electron chi connectivity index (χ2n) is 6.89. The van der Waals surface area contributed by atoms with Crippen LogP contribution >= 0.6 is 0 Å². The van der Waals surface area contributed by atoms with Crippen LogP contribution in [0.3, 0.4) is 0 Å². The van der Waals surface area contributed by atoms with Gasteiger partial charge in [0.2, 0.25) is 0 Å². The fourth-order valence-corrected chi connectivity index (χ4v) is 3.51. The Bertz CT molecular complexity index is 1380. The van der Waals surface area contributed by atoms with E-state index in [9.17, 15) is 18.8 Å². The van der Waals surface area contributed by atoms with E-state index in [-0.39, 0.29) is 22.3 Å². The van der Waals surface area contributed by atoms with Crippen molar-refractivity contribution in [1.82, 2.24) is 14.1 Å². The molecule has 1 amide bonds. The van der Waals surface area contributed by atoms with Crippen LogP contribution in [-0.4, -0.2) is 20.0 Å². The number of carbonyl (C=O) groups is 1. The quantitative estimate of drug-likeness (QED) is 0.546.